The van der Waals surface area contributed by atoms with Crippen LogP contribution >= 0.6 is 0 Å². The monoisotopic (exact) mass is 579 g/mol. The predicted octanol–water partition coefficient (Wildman–Crippen LogP) is 4.73. The molecule has 41 heavy (non-hydrogen) atoms. The second-order valence-electron chi connectivity index (χ2n) is 9.86. The maximum Gasteiger partial charge on any atom is 0.491 e. The average Bonchev–Trinajstić information content (AvgIpc) is 2.91. The Morgan fingerprint density at radius 1 is 1.05 bits per heavy atom. The number of benzene rings is 2. The fourth-order valence-electron chi connectivity index (χ4n) is 4.36. The van der Waals surface area contributed by atoms with Gasteiger partial charge in [0.1, 0.15) is 17.6 Å². The fourth-order valence-corrected chi connectivity index (χ4v) is 4.36. The molecule has 0 heterocycles. The molecule has 1 saturated carbocycles. The summed E-state index contributed by atoms with van der Waals surface area (Å²) in [6.07, 6.45) is -0.338. The maximum atomic E-state index is 13.5. The van der Waals surface area contributed by atoms with E-state index in [0.29, 0.717) is 23.7 Å². The van der Waals surface area contributed by atoms with Crippen molar-refractivity contribution in [2.75, 3.05) is 11.9 Å². The zero-order chi connectivity index (χ0) is 30.2. The van der Waals surface area contributed by atoms with Gasteiger partial charge in [-0.3, -0.25) is 15.6 Å². The van der Waals surface area contributed by atoms with Crippen molar-refractivity contribution in [3.63, 3.8) is 0 Å². The zero-order valence-corrected chi connectivity index (χ0v) is 23.2. The average molecular weight is 580 g/mol. The number of ether oxygens (including phenoxy) is 3. The number of rotatable bonds is 12. The molecule has 0 radical (unpaired) electrons. The summed E-state index contributed by atoms with van der Waals surface area (Å²) < 4.78 is 54.8. The fraction of sp³-hybridized carbons (Fsp3) is 0.464. The van der Waals surface area contributed by atoms with E-state index in [1.807, 2.05) is 20.8 Å². The quantitative estimate of drug-likeness (QED) is 0.0797. The molecular formula is C28H36F3N5O5. The van der Waals surface area contributed by atoms with Crippen LogP contribution in [0.5, 0.6) is 17.2 Å². The van der Waals surface area contributed by atoms with Crippen LogP contribution in [0, 0.1) is 5.41 Å². The summed E-state index contributed by atoms with van der Waals surface area (Å²) in [5.41, 5.74) is 11.7. The van der Waals surface area contributed by atoms with Crippen molar-refractivity contribution in [3.05, 3.63) is 47.5 Å². The lowest BCUT2D eigenvalue weighted by atomic mass is 9.96. The number of nitrogen functional groups attached to an aromatic ring is 1. The summed E-state index contributed by atoms with van der Waals surface area (Å²) in [6.45, 7) is 5.88. The number of nitrogens with one attached hydrogen (secondary N) is 4. The van der Waals surface area contributed by atoms with Crippen molar-refractivity contribution in [1.29, 1.82) is 5.41 Å². The van der Waals surface area contributed by atoms with Crippen LogP contribution in [0.15, 0.2) is 36.4 Å². The first-order valence-electron chi connectivity index (χ1n) is 13.4. The normalized spacial score (nSPS) is 14.7. The molecule has 10 nitrogen and oxygen atoms in total. The Morgan fingerprint density at radius 3 is 2.37 bits per heavy atom. The van der Waals surface area contributed by atoms with Crippen LogP contribution in [0.4, 0.5) is 18.9 Å². The second-order valence-corrected chi connectivity index (χ2v) is 9.86. The van der Waals surface area contributed by atoms with Crippen LogP contribution in [0.3, 0.4) is 0 Å². The van der Waals surface area contributed by atoms with Crippen LogP contribution in [-0.4, -0.2) is 42.6 Å². The first-order chi connectivity index (χ1) is 19.4. The van der Waals surface area contributed by atoms with E-state index in [0.717, 1.165) is 38.2 Å². The molecule has 0 saturated heterocycles. The molecule has 13 heteroatoms. The van der Waals surface area contributed by atoms with Gasteiger partial charge in [0.15, 0.2) is 11.5 Å². The molecule has 1 aliphatic rings. The number of carbonyl (C=O) groups excluding carboxylic acids is 2. The number of nitrogens with two attached hydrogens (primary N) is 1. The lowest BCUT2D eigenvalue weighted by Gasteiger charge is -2.26. The Hall–Kier alpha value is -4.00. The number of alkyl halides is 3. The van der Waals surface area contributed by atoms with Crippen molar-refractivity contribution in [2.45, 2.75) is 77.2 Å². The summed E-state index contributed by atoms with van der Waals surface area (Å²) in [6, 6.07) is 7.76. The first kappa shape index (κ1) is 31.5. The number of hydrogen-bond acceptors (Lipinski definition) is 8. The third kappa shape index (κ3) is 9.00. The smallest absolute Gasteiger partial charge is 0.490 e. The summed E-state index contributed by atoms with van der Waals surface area (Å²) in [5, 5.41) is 10.7. The van der Waals surface area contributed by atoms with Crippen LogP contribution < -0.4 is 36.1 Å². The molecule has 2 aromatic rings. The molecule has 1 fully saturated rings. The van der Waals surface area contributed by atoms with Gasteiger partial charge in [-0.05, 0) is 63.4 Å². The lowest BCUT2D eigenvalue weighted by Crippen LogP contribution is -2.48. The van der Waals surface area contributed by atoms with Gasteiger partial charge in [-0.1, -0.05) is 25.3 Å². The van der Waals surface area contributed by atoms with Crippen LogP contribution in [0.1, 0.15) is 70.0 Å². The number of amides is 1. The SMILES string of the molecule is CCOc1cc(C(Nc2ccc(C(=N)N)c(OC(=O)C(F)(F)F)c2)C(=O)NNC2CCCCC2)ccc1OC(C)C. The Morgan fingerprint density at radius 2 is 1.76 bits per heavy atom. The Balaban J connectivity index is 1.97. The highest BCUT2D eigenvalue weighted by atomic mass is 19.4. The Kier molecular flexibility index (Phi) is 10.8. The van der Waals surface area contributed by atoms with Gasteiger partial charge in [0.2, 0.25) is 0 Å². The molecule has 1 amide bonds. The molecule has 224 valence electrons. The van der Waals surface area contributed by atoms with E-state index in [4.69, 9.17) is 20.6 Å². The molecule has 0 aromatic heterocycles. The number of amidine groups is 1. The summed E-state index contributed by atoms with van der Waals surface area (Å²) >= 11 is 0. The zero-order valence-electron chi connectivity index (χ0n) is 23.2. The number of halogens is 3. The molecular weight excluding hydrogens is 543 g/mol. The van der Waals surface area contributed by atoms with E-state index < -0.39 is 35.7 Å². The molecule has 0 spiro atoms. The van der Waals surface area contributed by atoms with E-state index in [-0.39, 0.29) is 23.4 Å². The van der Waals surface area contributed by atoms with Gasteiger partial charge in [0.25, 0.3) is 5.91 Å². The number of hydrogen-bond donors (Lipinski definition) is 5. The van der Waals surface area contributed by atoms with Crippen LogP contribution in [-0.2, 0) is 9.59 Å². The first-order valence-corrected chi connectivity index (χ1v) is 13.4. The number of esters is 1. The largest absolute Gasteiger partial charge is 0.491 e. The number of anilines is 1. The van der Waals surface area contributed by atoms with Gasteiger partial charge in [-0.15, -0.1) is 0 Å². The molecule has 0 aliphatic heterocycles. The molecule has 2 aromatic carbocycles. The van der Waals surface area contributed by atoms with E-state index >= 15 is 0 Å². The standard InChI is InChI=1S/C28H36F3N5O5/c1-4-39-23-14-17(10-13-21(23)40-16(2)3)24(26(37)36-35-18-8-6-5-7-9-18)34-19-11-12-20(25(32)33)22(15-19)41-27(38)28(29,30)31/h10-16,18,24,34-35H,4-9H2,1-3H3,(H3,32,33)(H,36,37). The molecule has 1 aliphatic carbocycles. The third-order valence-corrected chi connectivity index (χ3v) is 6.25. The minimum Gasteiger partial charge on any atom is -0.490 e. The Labute approximate surface area is 236 Å². The molecule has 1 atom stereocenters. The molecule has 1 unspecified atom stereocenters. The van der Waals surface area contributed by atoms with Crippen molar-refractivity contribution in [3.8, 4) is 17.2 Å². The second kappa shape index (κ2) is 14.1. The Bertz CT molecular complexity index is 1230. The van der Waals surface area contributed by atoms with Gasteiger partial charge < -0.3 is 25.3 Å². The van der Waals surface area contributed by atoms with Gasteiger partial charge in [0, 0.05) is 17.8 Å². The van der Waals surface area contributed by atoms with Crippen molar-refractivity contribution in [1.82, 2.24) is 10.9 Å². The van der Waals surface area contributed by atoms with Crippen molar-refractivity contribution < 1.29 is 37.0 Å². The molecule has 6 N–H and O–H groups in total. The van der Waals surface area contributed by atoms with Crippen LogP contribution in [0.2, 0.25) is 0 Å². The van der Waals surface area contributed by atoms with Crippen LogP contribution in [0.25, 0.3) is 0 Å². The predicted molar refractivity (Wildman–Crippen MR) is 147 cm³/mol. The summed E-state index contributed by atoms with van der Waals surface area (Å²) in [5.74, 6) is -3.23. The highest BCUT2D eigenvalue weighted by molar-refractivity contribution is 5.99. The van der Waals surface area contributed by atoms with Crippen molar-refractivity contribution in [2.24, 2.45) is 5.73 Å². The van der Waals surface area contributed by atoms with Gasteiger partial charge in [-0.2, -0.15) is 13.2 Å². The number of hydrazine groups is 1. The highest BCUT2D eigenvalue weighted by Gasteiger charge is 2.42. The minimum atomic E-state index is -5.26. The lowest BCUT2D eigenvalue weighted by molar-refractivity contribution is -0.189. The van der Waals surface area contributed by atoms with E-state index in [9.17, 15) is 22.8 Å². The van der Waals surface area contributed by atoms with Gasteiger partial charge in [0.05, 0.1) is 18.3 Å². The summed E-state index contributed by atoms with van der Waals surface area (Å²) in [7, 11) is 0. The van der Waals surface area contributed by atoms with E-state index in [1.54, 1.807) is 18.2 Å². The summed E-state index contributed by atoms with van der Waals surface area (Å²) in [4.78, 5) is 25.0. The minimum absolute atomic E-state index is 0.109. The molecule has 3 rings (SSSR count). The molecule has 0 bridgehead atoms. The highest BCUT2D eigenvalue weighted by Crippen LogP contribution is 2.34. The van der Waals surface area contributed by atoms with E-state index in [1.165, 1.54) is 12.1 Å². The van der Waals surface area contributed by atoms with E-state index in [2.05, 4.69) is 20.9 Å². The van der Waals surface area contributed by atoms with Gasteiger partial charge >= 0.3 is 12.1 Å². The topological polar surface area (TPSA) is 148 Å². The third-order valence-electron chi connectivity index (χ3n) is 6.25. The number of carbonyl (C=O) groups is 2. The maximum absolute atomic E-state index is 13.5. The van der Waals surface area contributed by atoms with Gasteiger partial charge in [-0.25, -0.2) is 10.2 Å². The van der Waals surface area contributed by atoms with Crippen molar-refractivity contribution >= 4 is 23.4 Å².